The van der Waals surface area contributed by atoms with E-state index in [1.165, 1.54) is 64.2 Å². The Balaban J connectivity index is 1.44. The molecule has 0 unspecified atom stereocenters. The van der Waals surface area contributed by atoms with Crippen LogP contribution < -0.4 is 9.47 Å². The van der Waals surface area contributed by atoms with Gasteiger partial charge in [0.15, 0.2) is 0 Å². The summed E-state index contributed by atoms with van der Waals surface area (Å²) in [4.78, 5) is 1.86. The van der Waals surface area contributed by atoms with Crippen LogP contribution in [0.2, 0.25) is 0 Å². The molecule has 0 radical (unpaired) electrons. The Labute approximate surface area is 260 Å². The van der Waals surface area contributed by atoms with Crippen molar-refractivity contribution < 1.29 is 9.47 Å². The second-order valence-electron chi connectivity index (χ2n) is 12.3. The van der Waals surface area contributed by atoms with Gasteiger partial charge in [-0.1, -0.05) is 128 Å². The van der Waals surface area contributed by atoms with Gasteiger partial charge in [0.05, 0.1) is 19.8 Å². The monoisotopic (exact) mass is 583 g/mol. The smallest absolute Gasteiger partial charge is 0.121 e. The average molecular weight is 584 g/mol. The number of rotatable bonds is 20. The zero-order valence-electron chi connectivity index (χ0n) is 27.1. The maximum atomic E-state index is 6.03. The molecule has 4 aromatic rings. The lowest BCUT2D eigenvalue weighted by Gasteiger charge is -2.10. The van der Waals surface area contributed by atoms with E-state index in [1.54, 1.807) is 0 Å². The SMILES string of the molecule is CCCCCCCCOc1ccc(-c2ccc(-c3ccc(OCCCCCCCC)cc3)c3nn(CC(C)C)nc23)cc1. The molecule has 0 saturated heterocycles. The van der Waals surface area contributed by atoms with Crippen LogP contribution >= 0.6 is 0 Å². The molecule has 4 rings (SSSR count). The van der Waals surface area contributed by atoms with Crippen molar-refractivity contribution in [2.24, 2.45) is 5.92 Å². The van der Waals surface area contributed by atoms with E-state index in [1.807, 2.05) is 4.80 Å². The Morgan fingerprint density at radius 3 is 1.33 bits per heavy atom. The lowest BCUT2D eigenvalue weighted by molar-refractivity contribution is 0.304. The van der Waals surface area contributed by atoms with Crippen molar-refractivity contribution in [1.82, 2.24) is 15.0 Å². The molecule has 0 aliphatic carbocycles. The fraction of sp³-hybridized carbons (Fsp3) is 0.526. The summed E-state index contributed by atoms with van der Waals surface area (Å²) in [6.07, 6.45) is 15.2. The number of hydrogen-bond acceptors (Lipinski definition) is 4. The van der Waals surface area contributed by atoms with Crippen LogP contribution in [0.15, 0.2) is 60.7 Å². The molecular weight excluding hydrogens is 530 g/mol. The molecule has 0 bridgehead atoms. The second kappa shape index (κ2) is 17.7. The zero-order valence-corrected chi connectivity index (χ0v) is 27.1. The van der Waals surface area contributed by atoms with Gasteiger partial charge in [-0.05, 0) is 54.2 Å². The zero-order chi connectivity index (χ0) is 30.3. The largest absolute Gasteiger partial charge is 0.494 e. The highest BCUT2D eigenvalue weighted by atomic mass is 16.5. The quantitative estimate of drug-likeness (QED) is 0.0971. The number of ether oxygens (including phenoxy) is 2. The van der Waals surface area contributed by atoms with E-state index in [4.69, 9.17) is 19.7 Å². The van der Waals surface area contributed by atoms with Gasteiger partial charge in [-0.3, -0.25) is 0 Å². The van der Waals surface area contributed by atoms with Crippen LogP contribution in [0.4, 0.5) is 0 Å². The van der Waals surface area contributed by atoms with Crippen molar-refractivity contribution in [2.45, 2.75) is 111 Å². The summed E-state index contributed by atoms with van der Waals surface area (Å²) in [5.41, 5.74) is 6.30. The molecule has 43 heavy (non-hydrogen) atoms. The highest BCUT2D eigenvalue weighted by Crippen LogP contribution is 2.35. The Morgan fingerprint density at radius 1 is 0.535 bits per heavy atom. The molecule has 0 aliphatic rings. The first-order valence-corrected chi connectivity index (χ1v) is 16.9. The third kappa shape index (κ3) is 10.1. The lowest BCUT2D eigenvalue weighted by Crippen LogP contribution is -2.07. The molecule has 0 fully saturated rings. The first-order chi connectivity index (χ1) is 21.1. The third-order valence-electron chi connectivity index (χ3n) is 7.97. The van der Waals surface area contributed by atoms with Crippen molar-refractivity contribution in [3.63, 3.8) is 0 Å². The number of unbranched alkanes of at least 4 members (excludes halogenated alkanes) is 10. The maximum Gasteiger partial charge on any atom is 0.121 e. The lowest BCUT2D eigenvalue weighted by atomic mass is 9.98. The van der Waals surface area contributed by atoms with Crippen molar-refractivity contribution in [1.29, 1.82) is 0 Å². The Bertz CT molecular complexity index is 1240. The fourth-order valence-corrected chi connectivity index (χ4v) is 5.52. The predicted molar refractivity (Wildman–Crippen MR) is 181 cm³/mol. The van der Waals surface area contributed by atoms with E-state index < -0.39 is 0 Å². The second-order valence-corrected chi connectivity index (χ2v) is 12.3. The molecule has 1 aromatic heterocycles. The Hall–Kier alpha value is -3.34. The van der Waals surface area contributed by atoms with Gasteiger partial charge in [-0.25, -0.2) is 0 Å². The van der Waals surface area contributed by atoms with E-state index in [-0.39, 0.29) is 0 Å². The van der Waals surface area contributed by atoms with Gasteiger partial charge in [-0.15, -0.1) is 0 Å². The van der Waals surface area contributed by atoms with E-state index in [0.717, 1.165) is 77.4 Å². The summed E-state index contributed by atoms with van der Waals surface area (Å²) in [5.74, 6) is 2.31. The molecule has 0 spiro atoms. The summed E-state index contributed by atoms with van der Waals surface area (Å²) in [6.45, 7) is 11.2. The average Bonchev–Trinajstić information content (AvgIpc) is 3.43. The molecule has 0 aliphatic heterocycles. The molecule has 1 heterocycles. The number of benzene rings is 3. The van der Waals surface area contributed by atoms with Gasteiger partial charge >= 0.3 is 0 Å². The van der Waals surface area contributed by atoms with Crippen LogP contribution in [-0.2, 0) is 6.54 Å². The number of fused-ring (bicyclic) bond motifs is 1. The number of aromatic nitrogens is 3. The van der Waals surface area contributed by atoms with Crippen molar-refractivity contribution in [2.75, 3.05) is 13.2 Å². The standard InChI is InChI=1S/C38H53N3O2/c1-5-7-9-11-13-15-27-42-33-21-17-31(18-22-33)35-25-26-36(38-37(35)39-41(40-38)29-30(3)4)32-19-23-34(24-20-32)43-28-16-14-12-10-8-6-2/h17-26,30H,5-16,27-29H2,1-4H3. The normalized spacial score (nSPS) is 11.5. The van der Waals surface area contributed by atoms with Crippen LogP contribution in [0.5, 0.6) is 11.5 Å². The van der Waals surface area contributed by atoms with Crippen LogP contribution in [-0.4, -0.2) is 28.2 Å². The van der Waals surface area contributed by atoms with E-state index in [0.29, 0.717) is 5.92 Å². The highest BCUT2D eigenvalue weighted by molar-refractivity contribution is 6.00. The van der Waals surface area contributed by atoms with Gasteiger partial charge in [0.1, 0.15) is 22.5 Å². The van der Waals surface area contributed by atoms with Crippen LogP contribution in [0.1, 0.15) is 105 Å². The molecular formula is C38H53N3O2. The minimum atomic E-state index is 0.458. The first kappa shape index (κ1) is 32.6. The highest BCUT2D eigenvalue weighted by Gasteiger charge is 2.16. The van der Waals surface area contributed by atoms with Gasteiger partial charge in [-0.2, -0.15) is 15.0 Å². The molecule has 0 N–H and O–H groups in total. The van der Waals surface area contributed by atoms with Crippen LogP contribution in [0.25, 0.3) is 33.3 Å². The van der Waals surface area contributed by atoms with Crippen LogP contribution in [0.3, 0.4) is 0 Å². The maximum absolute atomic E-state index is 6.03. The summed E-state index contributed by atoms with van der Waals surface area (Å²) in [6, 6.07) is 21.2. The summed E-state index contributed by atoms with van der Waals surface area (Å²) in [7, 11) is 0. The van der Waals surface area contributed by atoms with E-state index >= 15 is 0 Å². The first-order valence-electron chi connectivity index (χ1n) is 16.9. The fourth-order valence-electron chi connectivity index (χ4n) is 5.52. The van der Waals surface area contributed by atoms with Crippen molar-refractivity contribution in [3.8, 4) is 33.8 Å². The van der Waals surface area contributed by atoms with Gasteiger partial charge in [0, 0.05) is 11.1 Å². The summed E-state index contributed by atoms with van der Waals surface area (Å²) in [5, 5.41) is 9.95. The molecule has 0 amide bonds. The molecule has 5 nitrogen and oxygen atoms in total. The van der Waals surface area contributed by atoms with Gasteiger partial charge in [0.2, 0.25) is 0 Å². The van der Waals surface area contributed by atoms with E-state index in [9.17, 15) is 0 Å². The van der Waals surface area contributed by atoms with Crippen molar-refractivity contribution in [3.05, 3.63) is 60.7 Å². The topological polar surface area (TPSA) is 49.2 Å². The minimum Gasteiger partial charge on any atom is -0.494 e. The van der Waals surface area contributed by atoms with Gasteiger partial charge in [0.25, 0.3) is 0 Å². The molecule has 0 saturated carbocycles. The number of hydrogen-bond donors (Lipinski definition) is 0. The molecule has 3 aromatic carbocycles. The van der Waals surface area contributed by atoms with Crippen molar-refractivity contribution >= 4 is 11.0 Å². The molecule has 232 valence electrons. The Morgan fingerprint density at radius 2 is 0.930 bits per heavy atom. The predicted octanol–water partition coefficient (Wildman–Crippen LogP) is 10.9. The molecule has 0 atom stereocenters. The van der Waals surface area contributed by atoms with E-state index in [2.05, 4.69) is 88.4 Å². The summed E-state index contributed by atoms with van der Waals surface area (Å²) >= 11 is 0. The third-order valence-corrected chi connectivity index (χ3v) is 7.97. The summed E-state index contributed by atoms with van der Waals surface area (Å²) < 4.78 is 12.1. The Kier molecular flexibility index (Phi) is 13.4. The number of nitrogens with zero attached hydrogens (tertiary/aromatic N) is 3. The molecule has 5 heteroatoms. The van der Waals surface area contributed by atoms with Gasteiger partial charge < -0.3 is 9.47 Å². The van der Waals surface area contributed by atoms with Crippen LogP contribution in [0, 0.1) is 5.92 Å². The minimum absolute atomic E-state index is 0.458.